The molecule has 1 aromatic carbocycles. The number of ketones is 1. The van der Waals surface area contributed by atoms with Crippen molar-refractivity contribution in [1.29, 1.82) is 0 Å². The highest BCUT2D eigenvalue weighted by atomic mass is 16.5. The standard InChI is InChI=1S/C20H21NO3/c1-3-12-24-20(23)17-13(2)21-15-10-7-11-16(22)19(15)18(17)14-8-5-4-6-9-14/h3-6,8-9,18,21H,1,7,10-12H2,2H3. The van der Waals surface area contributed by atoms with Crippen LogP contribution >= 0.6 is 0 Å². The Morgan fingerprint density at radius 2 is 2.08 bits per heavy atom. The zero-order valence-corrected chi connectivity index (χ0v) is 13.8. The molecule has 4 heteroatoms. The Morgan fingerprint density at radius 1 is 1.33 bits per heavy atom. The lowest BCUT2D eigenvalue weighted by molar-refractivity contribution is -0.138. The molecule has 2 aliphatic rings. The molecule has 1 unspecified atom stereocenters. The summed E-state index contributed by atoms with van der Waals surface area (Å²) in [5.74, 6) is -0.662. The molecule has 0 amide bonds. The fourth-order valence-corrected chi connectivity index (χ4v) is 3.45. The van der Waals surface area contributed by atoms with Gasteiger partial charge in [-0.3, -0.25) is 4.79 Å². The summed E-state index contributed by atoms with van der Waals surface area (Å²) in [7, 11) is 0. The van der Waals surface area contributed by atoms with Crippen molar-refractivity contribution >= 4 is 11.8 Å². The molecule has 0 aromatic heterocycles. The lowest BCUT2D eigenvalue weighted by atomic mass is 9.75. The van der Waals surface area contributed by atoms with Gasteiger partial charge in [0.25, 0.3) is 0 Å². The molecule has 1 N–H and O–H groups in total. The van der Waals surface area contributed by atoms with Crippen molar-refractivity contribution in [3.63, 3.8) is 0 Å². The van der Waals surface area contributed by atoms with Crippen LogP contribution in [0.25, 0.3) is 0 Å². The second-order valence-corrected chi connectivity index (χ2v) is 6.06. The third kappa shape index (κ3) is 2.92. The van der Waals surface area contributed by atoms with Gasteiger partial charge in [-0.25, -0.2) is 4.79 Å². The zero-order valence-electron chi connectivity index (χ0n) is 13.8. The molecule has 24 heavy (non-hydrogen) atoms. The number of hydrogen-bond donors (Lipinski definition) is 1. The van der Waals surface area contributed by atoms with E-state index < -0.39 is 5.97 Å². The summed E-state index contributed by atoms with van der Waals surface area (Å²) in [5, 5.41) is 3.27. The van der Waals surface area contributed by atoms with Crippen LogP contribution in [0.2, 0.25) is 0 Å². The van der Waals surface area contributed by atoms with E-state index >= 15 is 0 Å². The predicted octanol–water partition coefficient (Wildman–Crippen LogP) is 3.38. The molecule has 1 heterocycles. The van der Waals surface area contributed by atoms with Crippen LogP contribution in [0.5, 0.6) is 0 Å². The first-order valence-corrected chi connectivity index (χ1v) is 8.20. The van der Waals surface area contributed by atoms with Crippen molar-refractivity contribution in [1.82, 2.24) is 5.32 Å². The van der Waals surface area contributed by atoms with Gasteiger partial charge in [0.1, 0.15) is 6.61 Å². The molecule has 0 saturated heterocycles. The average molecular weight is 323 g/mol. The molecule has 0 spiro atoms. The number of rotatable bonds is 4. The third-order valence-corrected chi connectivity index (χ3v) is 4.46. The van der Waals surface area contributed by atoms with Gasteiger partial charge in [-0.05, 0) is 25.3 Å². The van der Waals surface area contributed by atoms with Crippen LogP contribution < -0.4 is 5.32 Å². The molecule has 0 radical (unpaired) electrons. The summed E-state index contributed by atoms with van der Waals surface area (Å²) >= 11 is 0. The van der Waals surface area contributed by atoms with E-state index in [1.54, 1.807) is 0 Å². The minimum atomic E-state index is -0.404. The van der Waals surface area contributed by atoms with Gasteiger partial charge < -0.3 is 10.1 Å². The van der Waals surface area contributed by atoms with Crippen molar-refractivity contribution in [2.75, 3.05) is 6.61 Å². The van der Waals surface area contributed by atoms with Crippen LogP contribution in [0.4, 0.5) is 0 Å². The van der Waals surface area contributed by atoms with E-state index in [9.17, 15) is 9.59 Å². The third-order valence-electron chi connectivity index (χ3n) is 4.46. The normalized spacial score (nSPS) is 20.4. The fraction of sp³-hybridized carbons (Fsp3) is 0.300. The second-order valence-electron chi connectivity index (χ2n) is 6.06. The average Bonchev–Trinajstić information content (AvgIpc) is 2.59. The van der Waals surface area contributed by atoms with Crippen LogP contribution in [0.15, 0.2) is 65.5 Å². The zero-order chi connectivity index (χ0) is 17.1. The van der Waals surface area contributed by atoms with Crippen molar-refractivity contribution < 1.29 is 14.3 Å². The predicted molar refractivity (Wildman–Crippen MR) is 92.1 cm³/mol. The highest BCUT2D eigenvalue weighted by molar-refractivity contribution is 6.03. The molecule has 124 valence electrons. The molecule has 1 aliphatic carbocycles. The summed E-state index contributed by atoms with van der Waals surface area (Å²) in [6.07, 6.45) is 3.74. The summed E-state index contributed by atoms with van der Waals surface area (Å²) in [6.45, 7) is 5.59. The summed E-state index contributed by atoms with van der Waals surface area (Å²) < 4.78 is 5.28. The quantitative estimate of drug-likeness (QED) is 0.682. The van der Waals surface area contributed by atoms with Gasteiger partial charge in [-0.15, -0.1) is 0 Å². The molecular weight excluding hydrogens is 302 g/mol. The van der Waals surface area contributed by atoms with Crippen LogP contribution in [0.3, 0.4) is 0 Å². The SMILES string of the molecule is C=CCOC(=O)C1=C(C)NC2=C(C(=O)CCC2)C1c1ccccc1. The van der Waals surface area contributed by atoms with Crippen LogP contribution in [-0.4, -0.2) is 18.4 Å². The fourth-order valence-electron chi connectivity index (χ4n) is 3.45. The van der Waals surface area contributed by atoms with E-state index in [2.05, 4.69) is 11.9 Å². The summed E-state index contributed by atoms with van der Waals surface area (Å²) in [5.41, 5.74) is 3.86. The van der Waals surface area contributed by atoms with Crippen molar-refractivity contribution in [2.45, 2.75) is 32.1 Å². The number of allylic oxidation sites excluding steroid dienone is 3. The molecule has 1 aliphatic heterocycles. The monoisotopic (exact) mass is 323 g/mol. The maximum atomic E-state index is 12.6. The molecule has 3 rings (SSSR count). The van der Waals surface area contributed by atoms with Crippen LogP contribution in [0, 0.1) is 0 Å². The first-order chi connectivity index (χ1) is 11.6. The van der Waals surface area contributed by atoms with E-state index in [1.165, 1.54) is 6.08 Å². The molecule has 1 atom stereocenters. The van der Waals surface area contributed by atoms with E-state index in [-0.39, 0.29) is 18.3 Å². The Balaban J connectivity index is 2.10. The van der Waals surface area contributed by atoms with E-state index in [4.69, 9.17) is 4.74 Å². The van der Waals surface area contributed by atoms with Crippen molar-refractivity contribution in [3.05, 3.63) is 71.1 Å². The molecule has 1 aromatic rings. The second kappa shape index (κ2) is 6.87. The molecular formula is C20H21NO3. The van der Waals surface area contributed by atoms with Gasteiger partial charge in [0.15, 0.2) is 5.78 Å². The summed E-state index contributed by atoms with van der Waals surface area (Å²) in [6, 6.07) is 9.68. The maximum Gasteiger partial charge on any atom is 0.337 e. The van der Waals surface area contributed by atoms with Crippen LogP contribution in [-0.2, 0) is 14.3 Å². The maximum absolute atomic E-state index is 12.6. The molecule has 0 bridgehead atoms. The Bertz CT molecular complexity index is 743. The van der Waals surface area contributed by atoms with E-state index in [0.717, 1.165) is 29.8 Å². The lowest BCUT2D eigenvalue weighted by Gasteiger charge is -2.34. The smallest absolute Gasteiger partial charge is 0.337 e. The Hall–Kier alpha value is -2.62. The first-order valence-electron chi connectivity index (χ1n) is 8.20. The number of carbonyl (C=O) groups excluding carboxylic acids is 2. The van der Waals surface area contributed by atoms with Gasteiger partial charge in [-0.2, -0.15) is 0 Å². The number of ether oxygens (including phenoxy) is 1. The number of benzene rings is 1. The minimum absolute atomic E-state index is 0.110. The Kier molecular flexibility index (Phi) is 4.65. The van der Waals surface area contributed by atoms with Gasteiger partial charge in [0, 0.05) is 29.3 Å². The highest BCUT2D eigenvalue weighted by Gasteiger charge is 2.38. The summed E-state index contributed by atoms with van der Waals surface area (Å²) in [4.78, 5) is 25.2. The van der Waals surface area contributed by atoms with Gasteiger partial charge in [0.05, 0.1) is 5.57 Å². The van der Waals surface area contributed by atoms with Crippen molar-refractivity contribution in [3.8, 4) is 0 Å². The number of dihydropyridines is 1. The highest BCUT2D eigenvalue weighted by Crippen LogP contribution is 2.42. The topological polar surface area (TPSA) is 55.4 Å². The van der Waals surface area contributed by atoms with Crippen LogP contribution in [0.1, 0.15) is 37.7 Å². The lowest BCUT2D eigenvalue weighted by Crippen LogP contribution is -2.34. The van der Waals surface area contributed by atoms with Gasteiger partial charge in [-0.1, -0.05) is 43.0 Å². The number of Topliss-reactive ketones (excluding diaryl/α,β-unsaturated/α-hetero) is 1. The minimum Gasteiger partial charge on any atom is -0.458 e. The Labute approximate surface area is 141 Å². The number of nitrogens with one attached hydrogen (secondary N) is 1. The molecule has 0 fully saturated rings. The number of hydrogen-bond acceptors (Lipinski definition) is 4. The first kappa shape index (κ1) is 16.2. The van der Waals surface area contributed by atoms with Gasteiger partial charge >= 0.3 is 5.97 Å². The number of esters is 1. The van der Waals surface area contributed by atoms with Crippen molar-refractivity contribution in [2.24, 2.45) is 0 Å². The molecule has 0 saturated carbocycles. The largest absolute Gasteiger partial charge is 0.458 e. The van der Waals surface area contributed by atoms with Gasteiger partial charge in [0.2, 0.25) is 0 Å². The van der Waals surface area contributed by atoms with E-state index in [0.29, 0.717) is 17.6 Å². The number of carbonyl (C=O) groups is 2. The van der Waals surface area contributed by atoms with E-state index in [1.807, 2.05) is 37.3 Å². The Morgan fingerprint density at radius 3 is 2.79 bits per heavy atom. The molecule has 4 nitrogen and oxygen atoms in total.